The molecule has 0 aliphatic carbocycles. The molecule has 0 unspecified atom stereocenters. The Kier molecular flexibility index (Phi) is 12.2. The number of halogens is 2. The van der Waals surface area contributed by atoms with Crippen molar-refractivity contribution in [2.24, 2.45) is 5.11 Å². The average Bonchev–Trinajstić information content (AvgIpc) is 3.60. The summed E-state index contributed by atoms with van der Waals surface area (Å²) in [6.07, 6.45) is 6.87. The molecule has 12 nitrogen and oxygen atoms in total. The van der Waals surface area contributed by atoms with Crippen molar-refractivity contribution in [2.75, 3.05) is 6.61 Å². The molecule has 7 aromatic rings. The second-order valence-corrected chi connectivity index (χ2v) is 11.6. The molecule has 7 rings (SSSR count). The first-order valence-electron chi connectivity index (χ1n) is 14.6. The molecule has 0 bridgehead atoms. The molecule has 0 fully saturated rings. The molecule has 0 aliphatic heterocycles. The fourth-order valence-electron chi connectivity index (χ4n) is 4.24. The van der Waals surface area contributed by atoms with Gasteiger partial charge < -0.3 is 18.3 Å². The molecular weight excluding hydrogens is 772 g/mol. The van der Waals surface area contributed by atoms with Crippen LogP contribution in [0.15, 0.2) is 148 Å². The Morgan fingerprint density at radius 2 is 1.38 bits per heavy atom. The van der Waals surface area contributed by atoms with Crippen LogP contribution in [0.25, 0.3) is 38.1 Å². The Morgan fingerprint density at radius 1 is 0.800 bits per heavy atom. The minimum atomic E-state index is -0.388. The van der Waals surface area contributed by atoms with Crippen LogP contribution in [0, 0.1) is 12.3 Å². The Morgan fingerprint density at radius 3 is 1.98 bits per heavy atom. The van der Waals surface area contributed by atoms with Gasteiger partial charge in [-0.1, -0.05) is 62.5 Å². The second kappa shape index (κ2) is 17.3. The third-order valence-electron chi connectivity index (χ3n) is 6.54. The lowest BCUT2D eigenvalue weighted by molar-refractivity contribution is 0.301. The van der Waals surface area contributed by atoms with Crippen molar-refractivity contribution in [3.05, 3.63) is 161 Å². The molecule has 0 aliphatic rings. The van der Waals surface area contributed by atoms with E-state index in [-0.39, 0.29) is 24.5 Å². The Labute approximate surface area is 300 Å². The van der Waals surface area contributed by atoms with E-state index in [0.717, 1.165) is 25.4 Å². The molecule has 4 aromatic carbocycles. The highest BCUT2D eigenvalue weighted by Gasteiger charge is 2.07. The monoisotopic (exact) mass is 794 g/mol. The molecule has 3 aromatic heterocycles. The van der Waals surface area contributed by atoms with Gasteiger partial charge in [-0.3, -0.25) is 0 Å². The summed E-state index contributed by atoms with van der Waals surface area (Å²) in [6, 6.07) is 31.8. The van der Waals surface area contributed by atoms with Gasteiger partial charge in [0.05, 0.1) is 17.6 Å². The number of para-hydroxylation sites is 1. The first kappa shape index (κ1) is 35.2. The topological polar surface area (TPSA) is 158 Å². The van der Waals surface area contributed by atoms with Crippen molar-refractivity contribution >= 4 is 59.5 Å². The van der Waals surface area contributed by atoms with E-state index >= 15 is 0 Å². The zero-order valence-corrected chi connectivity index (χ0v) is 29.0. The number of azide groups is 1. The van der Waals surface area contributed by atoms with E-state index in [2.05, 4.69) is 58.1 Å². The highest BCUT2D eigenvalue weighted by Crippen LogP contribution is 2.24. The molecule has 0 saturated carbocycles. The van der Waals surface area contributed by atoms with Crippen LogP contribution in [0.1, 0.15) is 5.69 Å². The lowest BCUT2D eigenvalue weighted by Crippen LogP contribution is -1.97. The highest BCUT2D eigenvalue weighted by molar-refractivity contribution is 9.11. The molecule has 0 spiro atoms. The van der Waals surface area contributed by atoms with E-state index in [0.29, 0.717) is 34.0 Å². The summed E-state index contributed by atoms with van der Waals surface area (Å²) in [7, 11) is 0. The van der Waals surface area contributed by atoms with Gasteiger partial charge in [0.15, 0.2) is 0 Å². The van der Waals surface area contributed by atoms with E-state index in [1.165, 1.54) is 12.1 Å². The number of fused-ring (bicyclic) bond motifs is 2. The first-order valence-corrected chi connectivity index (χ1v) is 16.1. The zero-order valence-electron chi connectivity index (χ0n) is 25.8. The maximum absolute atomic E-state index is 11.3. The van der Waals surface area contributed by atoms with Gasteiger partial charge in [0.2, 0.25) is 0 Å². The van der Waals surface area contributed by atoms with Crippen LogP contribution in [0.4, 0.5) is 5.69 Å². The summed E-state index contributed by atoms with van der Waals surface area (Å²) in [5, 5.41) is 13.4. The van der Waals surface area contributed by atoms with Crippen molar-refractivity contribution in [1.29, 1.82) is 0 Å². The van der Waals surface area contributed by atoms with E-state index in [9.17, 15) is 9.59 Å². The lowest BCUT2D eigenvalue weighted by Gasteiger charge is -2.04. The van der Waals surface area contributed by atoms with Gasteiger partial charge in [0, 0.05) is 48.9 Å². The maximum atomic E-state index is 11.3. The summed E-state index contributed by atoms with van der Waals surface area (Å²) in [5.41, 5.74) is 10.5. The van der Waals surface area contributed by atoms with Gasteiger partial charge in [-0.25, -0.2) is 14.3 Å². The van der Waals surface area contributed by atoms with Gasteiger partial charge in [0.1, 0.15) is 41.6 Å². The number of rotatable bonds is 7. The Balaban J connectivity index is 0.000000164. The molecule has 0 saturated heterocycles. The Bertz CT molecular complexity index is 2470. The first-order chi connectivity index (χ1) is 24.3. The molecule has 0 radical (unpaired) electrons. The van der Waals surface area contributed by atoms with Crippen LogP contribution in [0.5, 0.6) is 11.5 Å². The summed E-state index contributed by atoms with van der Waals surface area (Å²) in [5.74, 6) is 3.55. The van der Waals surface area contributed by atoms with Crippen LogP contribution in [0.2, 0.25) is 0 Å². The molecule has 3 heterocycles. The van der Waals surface area contributed by atoms with Gasteiger partial charge >= 0.3 is 11.3 Å². The van der Waals surface area contributed by atoms with Gasteiger partial charge in [-0.15, -0.1) is 11.5 Å². The molecule has 0 amide bonds. The van der Waals surface area contributed by atoms with E-state index in [1.54, 1.807) is 47.3 Å². The van der Waals surface area contributed by atoms with Crippen LogP contribution >= 0.6 is 31.9 Å². The molecule has 248 valence electrons. The fourth-order valence-corrected chi connectivity index (χ4v) is 5.08. The minimum Gasteiger partial charge on any atom is -0.487 e. The van der Waals surface area contributed by atoms with E-state index < -0.39 is 0 Å². The number of benzene rings is 4. The number of terminal acetylenes is 1. The summed E-state index contributed by atoms with van der Waals surface area (Å²) < 4.78 is 24.5. The smallest absolute Gasteiger partial charge is 0.336 e. The fraction of sp³-hybridized carbons (Fsp3) is 0.0556. The van der Waals surface area contributed by atoms with Gasteiger partial charge in [-0.05, 0) is 76.1 Å². The van der Waals surface area contributed by atoms with Crippen molar-refractivity contribution in [2.45, 2.75) is 6.61 Å². The zero-order chi connectivity index (χ0) is 35.3. The normalized spacial score (nSPS) is 10.1. The number of aromatic nitrogens is 3. The molecule has 50 heavy (non-hydrogen) atoms. The second-order valence-electron chi connectivity index (χ2n) is 9.94. The maximum Gasteiger partial charge on any atom is 0.336 e. The predicted molar refractivity (Wildman–Crippen MR) is 196 cm³/mol. The predicted octanol–water partition coefficient (Wildman–Crippen LogP) is 8.91. The van der Waals surface area contributed by atoms with Crippen molar-refractivity contribution in [3.8, 4) is 29.5 Å². The molecule has 0 atom stereocenters. The van der Waals surface area contributed by atoms with E-state index in [1.807, 2.05) is 60.7 Å². The van der Waals surface area contributed by atoms with Crippen LogP contribution in [0.3, 0.4) is 0 Å². The number of hydrogen-bond donors (Lipinski definition) is 0. The highest BCUT2D eigenvalue weighted by atomic mass is 79.9. The SMILES string of the molecule is C#CCOc1ccc2ccc(=O)oc2c1.O=c1ccc2ccc(OCc3cn(-c4ccccc4Br)nn3)cc2o1.[N-]=[N+]=Nc1ccccc1Br. The summed E-state index contributed by atoms with van der Waals surface area (Å²) >= 11 is 6.72. The standard InChI is InChI=1S/C18H12BrN3O3.C12H8O3.C6H4BrN3/c19-15-3-1-2-4-16(15)22-10-13(20-21-22)11-24-14-7-5-12-6-8-18(23)25-17(12)9-14;1-2-7-14-10-5-3-9-4-6-12(13)15-11(9)8-10;7-5-3-1-2-4-6(5)9-10-8/h1-10H,11H2;1,3-6,8H,7H2;1-4H. The third kappa shape index (κ3) is 9.71. The van der Waals surface area contributed by atoms with Crippen LogP contribution in [-0.2, 0) is 6.61 Å². The number of nitrogens with zero attached hydrogens (tertiary/aromatic N) is 6. The van der Waals surface area contributed by atoms with Crippen LogP contribution in [-0.4, -0.2) is 21.6 Å². The lowest BCUT2D eigenvalue weighted by atomic mass is 10.2. The van der Waals surface area contributed by atoms with Crippen molar-refractivity contribution < 1.29 is 18.3 Å². The van der Waals surface area contributed by atoms with Gasteiger partial charge in [-0.2, -0.15) is 0 Å². The number of hydrogen-bond acceptors (Lipinski definition) is 9. The average molecular weight is 796 g/mol. The van der Waals surface area contributed by atoms with Crippen molar-refractivity contribution in [1.82, 2.24) is 15.0 Å². The van der Waals surface area contributed by atoms with E-state index in [4.69, 9.17) is 30.3 Å². The number of ether oxygens (including phenoxy) is 2. The largest absolute Gasteiger partial charge is 0.487 e. The molecular formula is C36H24Br2N6O6. The van der Waals surface area contributed by atoms with Gasteiger partial charge in [0.25, 0.3) is 0 Å². The van der Waals surface area contributed by atoms with Crippen molar-refractivity contribution in [3.63, 3.8) is 0 Å². The van der Waals surface area contributed by atoms with Crippen LogP contribution < -0.4 is 20.7 Å². The summed E-state index contributed by atoms with van der Waals surface area (Å²) in [6.45, 7) is 0.454. The third-order valence-corrected chi connectivity index (χ3v) is 7.88. The molecule has 0 N–H and O–H groups in total. The molecule has 14 heteroatoms. The minimum absolute atomic E-state index is 0.197. The summed E-state index contributed by atoms with van der Waals surface area (Å²) in [4.78, 5) is 24.9. The Hall–Kier alpha value is -6.13. The quantitative estimate of drug-likeness (QED) is 0.0509.